The highest BCUT2D eigenvalue weighted by Crippen LogP contribution is 2.39. The van der Waals surface area contributed by atoms with E-state index in [0.29, 0.717) is 4.83 Å². The number of hydrogen-bond acceptors (Lipinski definition) is 1. The molecule has 0 saturated carbocycles. The minimum atomic E-state index is 0.302. The van der Waals surface area contributed by atoms with Crippen LogP contribution in [0.5, 0.6) is 0 Å². The fourth-order valence-electron chi connectivity index (χ4n) is 2.25. The molecule has 0 aliphatic heterocycles. The number of benzene rings is 1. The lowest BCUT2D eigenvalue weighted by molar-refractivity contribution is 1.08. The van der Waals surface area contributed by atoms with E-state index in [-0.39, 0.29) is 0 Å². The molecule has 1 aromatic heterocycles. The number of hydrogen-bond donors (Lipinski definition) is 0. The highest BCUT2D eigenvalue weighted by Gasteiger charge is 2.18. The molecule has 0 aliphatic rings. The second-order valence-electron chi connectivity index (χ2n) is 4.72. The van der Waals surface area contributed by atoms with Crippen molar-refractivity contribution < 1.29 is 0 Å². The number of thiophene rings is 1. The summed E-state index contributed by atoms with van der Waals surface area (Å²) in [5.41, 5.74) is 8.36. The third-order valence-corrected chi connectivity index (χ3v) is 6.35. The Morgan fingerprint density at radius 3 is 2.06 bits per heavy atom. The third-order valence-electron chi connectivity index (χ3n) is 3.56. The first-order valence-electron chi connectivity index (χ1n) is 5.87. The van der Waals surface area contributed by atoms with Crippen LogP contribution in [0.2, 0.25) is 0 Å². The van der Waals surface area contributed by atoms with Gasteiger partial charge in [0.25, 0.3) is 0 Å². The van der Waals surface area contributed by atoms with Crippen molar-refractivity contribution in [2.45, 2.75) is 32.5 Å². The molecule has 0 saturated heterocycles. The smallest absolute Gasteiger partial charge is 0.0658 e. The Kier molecular flexibility index (Phi) is 4.55. The monoisotopic (exact) mass is 434 g/mol. The summed E-state index contributed by atoms with van der Waals surface area (Å²) in [4.78, 5) is 0.302. The zero-order valence-corrected chi connectivity index (χ0v) is 15.5. The van der Waals surface area contributed by atoms with Gasteiger partial charge in [-0.2, -0.15) is 0 Å². The second kappa shape index (κ2) is 5.63. The molecule has 1 heterocycles. The molecule has 96 valence electrons. The normalized spacial score (nSPS) is 12.8. The minimum absolute atomic E-state index is 0.302. The van der Waals surface area contributed by atoms with E-state index in [0.717, 1.165) is 0 Å². The molecule has 0 spiro atoms. The van der Waals surface area contributed by atoms with Crippen LogP contribution in [0.4, 0.5) is 0 Å². The highest BCUT2D eigenvalue weighted by molar-refractivity contribution is 14.1. The lowest BCUT2D eigenvalue weighted by Gasteiger charge is -2.19. The highest BCUT2D eigenvalue weighted by atomic mass is 127. The van der Waals surface area contributed by atoms with E-state index in [1.807, 2.05) is 0 Å². The van der Waals surface area contributed by atoms with Crippen LogP contribution in [-0.2, 0) is 0 Å². The molecule has 2 aromatic rings. The average molecular weight is 435 g/mol. The summed E-state index contributed by atoms with van der Waals surface area (Å²) in [5.74, 6) is 0. The van der Waals surface area contributed by atoms with Crippen LogP contribution in [0.1, 0.15) is 38.2 Å². The molecule has 0 N–H and O–H groups in total. The topological polar surface area (TPSA) is 0 Å². The molecular weight excluding hydrogens is 419 g/mol. The van der Waals surface area contributed by atoms with Crippen LogP contribution in [0.25, 0.3) is 0 Å². The molecule has 1 unspecified atom stereocenters. The minimum Gasteiger partial charge on any atom is -0.137 e. The van der Waals surface area contributed by atoms with Gasteiger partial charge in [0, 0.05) is 0 Å². The molecule has 0 bridgehead atoms. The number of halogens is 2. The van der Waals surface area contributed by atoms with Gasteiger partial charge in [-0.25, -0.2) is 0 Å². The molecule has 0 fully saturated rings. The molecule has 18 heavy (non-hydrogen) atoms. The summed E-state index contributed by atoms with van der Waals surface area (Å²) in [6.07, 6.45) is 0. The van der Waals surface area contributed by atoms with Gasteiger partial charge in [0.15, 0.2) is 0 Å². The Balaban J connectivity index is 2.57. The zero-order chi connectivity index (χ0) is 13.4. The number of rotatable bonds is 2. The maximum atomic E-state index is 3.88. The fourth-order valence-corrected chi connectivity index (χ4v) is 4.77. The fraction of sp³-hybridized carbons (Fsp3) is 0.333. The predicted molar refractivity (Wildman–Crippen MR) is 93.2 cm³/mol. The van der Waals surface area contributed by atoms with Gasteiger partial charge in [-0.3, -0.25) is 0 Å². The Hall–Kier alpha value is 0.130. The molecule has 0 amide bonds. The summed E-state index contributed by atoms with van der Waals surface area (Å²) in [6.45, 7) is 8.84. The van der Waals surface area contributed by atoms with Gasteiger partial charge in [0.1, 0.15) is 0 Å². The first-order valence-corrected chi connectivity index (χ1v) is 8.74. The van der Waals surface area contributed by atoms with Crippen LogP contribution in [0.3, 0.4) is 0 Å². The van der Waals surface area contributed by atoms with Gasteiger partial charge in [-0.15, -0.1) is 11.3 Å². The van der Waals surface area contributed by atoms with Crippen molar-refractivity contribution in [1.82, 2.24) is 0 Å². The number of aryl methyl sites for hydroxylation is 2. The number of alkyl halides is 1. The molecule has 1 atom stereocenters. The van der Waals surface area contributed by atoms with E-state index in [1.54, 1.807) is 11.3 Å². The Labute approximate surface area is 135 Å². The predicted octanol–water partition coefficient (Wildman–Crippen LogP) is 6.07. The van der Waals surface area contributed by atoms with Gasteiger partial charge < -0.3 is 0 Å². The van der Waals surface area contributed by atoms with E-state index in [2.05, 4.69) is 83.7 Å². The Bertz CT molecular complexity index is 560. The quantitative estimate of drug-likeness (QED) is 0.397. The van der Waals surface area contributed by atoms with Crippen molar-refractivity contribution in [3.8, 4) is 0 Å². The van der Waals surface area contributed by atoms with Gasteiger partial charge in [0.2, 0.25) is 0 Å². The zero-order valence-electron chi connectivity index (χ0n) is 11.0. The standard InChI is InChI=1S/C15H16BrIS/c1-8-5-9(2)11(4)14(10(8)3)15(16)12-6-13(17)18-7-12/h5-7,15H,1-4H3. The lowest BCUT2D eigenvalue weighted by Crippen LogP contribution is -2.02. The van der Waals surface area contributed by atoms with Gasteiger partial charge in [0.05, 0.1) is 7.71 Å². The summed E-state index contributed by atoms with van der Waals surface area (Å²) in [6, 6.07) is 4.55. The molecule has 2 rings (SSSR count). The summed E-state index contributed by atoms with van der Waals surface area (Å²) in [7, 11) is 0. The maximum Gasteiger partial charge on any atom is 0.0658 e. The van der Waals surface area contributed by atoms with E-state index < -0.39 is 0 Å². The van der Waals surface area contributed by atoms with Crippen molar-refractivity contribution in [1.29, 1.82) is 0 Å². The molecule has 0 nitrogen and oxygen atoms in total. The van der Waals surface area contributed by atoms with Crippen molar-refractivity contribution >= 4 is 49.9 Å². The summed E-state index contributed by atoms with van der Waals surface area (Å²) >= 11 is 8.07. The lowest BCUT2D eigenvalue weighted by atomic mass is 9.91. The maximum absolute atomic E-state index is 3.88. The summed E-state index contributed by atoms with van der Waals surface area (Å²) < 4.78 is 1.34. The molecule has 0 radical (unpaired) electrons. The van der Waals surface area contributed by atoms with E-state index in [1.165, 1.54) is 36.3 Å². The van der Waals surface area contributed by atoms with Crippen LogP contribution in [-0.4, -0.2) is 0 Å². The first-order chi connectivity index (χ1) is 8.41. The average Bonchev–Trinajstić information content (AvgIpc) is 2.73. The van der Waals surface area contributed by atoms with Gasteiger partial charge in [-0.05, 0) is 95.1 Å². The summed E-state index contributed by atoms with van der Waals surface area (Å²) in [5, 5.41) is 2.25. The second-order valence-corrected chi connectivity index (χ2v) is 8.44. The van der Waals surface area contributed by atoms with Crippen LogP contribution in [0, 0.1) is 30.6 Å². The van der Waals surface area contributed by atoms with Crippen LogP contribution in [0.15, 0.2) is 17.5 Å². The van der Waals surface area contributed by atoms with Crippen molar-refractivity contribution in [2.24, 2.45) is 0 Å². The van der Waals surface area contributed by atoms with Crippen molar-refractivity contribution in [2.75, 3.05) is 0 Å². The Morgan fingerprint density at radius 1 is 1.06 bits per heavy atom. The van der Waals surface area contributed by atoms with Crippen LogP contribution >= 0.6 is 49.9 Å². The SMILES string of the molecule is Cc1cc(C)c(C)c(C(Br)c2csc(I)c2)c1C. The molecule has 1 aromatic carbocycles. The van der Waals surface area contributed by atoms with E-state index >= 15 is 0 Å². The van der Waals surface area contributed by atoms with Crippen molar-refractivity contribution in [3.63, 3.8) is 0 Å². The first kappa shape index (κ1) is 14.5. The Morgan fingerprint density at radius 2 is 1.61 bits per heavy atom. The van der Waals surface area contributed by atoms with Crippen LogP contribution < -0.4 is 0 Å². The van der Waals surface area contributed by atoms with Gasteiger partial charge in [-0.1, -0.05) is 22.0 Å². The van der Waals surface area contributed by atoms with E-state index in [9.17, 15) is 0 Å². The molecule has 3 heteroatoms. The largest absolute Gasteiger partial charge is 0.137 e. The third kappa shape index (κ3) is 2.68. The molecular formula is C15H16BrIS. The van der Waals surface area contributed by atoms with Crippen molar-refractivity contribution in [3.05, 3.63) is 53.8 Å². The van der Waals surface area contributed by atoms with Gasteiger partial charge >= 0.3 is 0 Å². The molecule has 0 aliphatic carbocycles. The van der Waals surface area contributed by atoms with E-state index in [4.69, 9.17) is 0 Å².